The topological polar surface area (TPSA) is 52.6 Å². The summed E-state index contributed by atoms with van der Waals surface area (Å²) in [6.07, 6.45) is 5.72. The molecule has 1 aliphatic carbocycles. The summed E-state index contributed by atoms with van der Waals surface area (Å²) in [6, 6.07) is 1.02. The van der Waals surface area contributed by atoms with E-state index in [0.29, 0.717) is 12.1 Å². The summed E-state index contributed by atoms with van der Waals surface area (Å²) in [6.45, 7) is 4.93. The number of carboxylic acid groups (broad SMARTS) is 1. The maximum atomic E-state index is 11.2. The van der Waals surface area contributed by atoms with Crippen LogP contribution < -0.4 is 5.32 Å². The van der Waals surface area contributed by atoms with Crippen molar-refractivity contribution in [3.63, 3.8) is 0 Å². The molecule has 98 valence electrons. The number of carboxylic acids is 1. The zero-order chi connectivity index (χ0) is 12.3. The summed E-state index contributed by atoms with van der Waals surface area (Å²) < 4.78 is 0. The van der Waals surface area contributed by atoms with Crippen LogP contribution in [-0.4, -0.2) is 47.7 Å². The van der Waals surface area contributed by atoms with Gasteiger partial charge in [-0.3, -0.25) is 9.69 Å². The first-order valence-electron chi connectivity index (χ1n) is 6.91. The lowest BCUT2D eigenvalue weighted by molar-refractivity contribution is -0.144. The minimum absolute atomic E-state index is 0.182. The predicted molar refractivity (Wildman–Crippen MR) is 67.0 cm³/mol. The van der Waals surface area contributed by atoms with Crippen LogP contribution in [0.4, 0.5) is 0 Å². The van der Waals surface area contributed by atoms with Crippen LogP contribution in [0.1, 0.15) is 39.0 Å². The molecular formula is C13H24N2O2. The Hall–Kier alpha value is -0.610. The molecule has 0 aromatic heterocycles. The molecule has 2 fully saturated rings. The molecule has 17 heavy (non-hydrogen) atoms. The molecule has 0 aromatic carbocycles. The smallest absolute Gasteiger partial charge is 0.307 e. The molecule has 0 bridgehead atoms. The molecule has 4 heteroatoms. The molecule has 0 amide bonds. The lowest BCUT2D eigenvalue weighted by Crippen LogP contribution is -2.55. The van der Waals surface area contributed by atoms with E-state index in [0.717, 1.165) is 32.5 Å². The molecule has 2 atom stereocenters. The van der Waals surface area contributed by atoms with Crippen LogP contribution in [0.25, 0.3) is 0 Å². The summed E-state index contributed by atoms with van der Waals surface area (Å²) in [5, 5.41) is 12.7. The van der Waals surface area contributed by atoms with Gasteiger partial charge in [0.25, 0.3) is 0 Å². The lowest BCUT2D eigenvalue weighted by atomic mass is 9.86. The number of carbonyl (C=O) groups is 1. The third-order valence-corrected chi connectivity index (χ3v) is 4.10. The van der Waals surface area contributed by atoms with E-state index in [-0.39, 0.29) is 5.92 Å². The minimum atomic E-state index is -0.627. The van der Waals surface area contributed by atoms with Gasteiger partial charge in [0.2, 0.25) is 0 Å². The van der Waals surface area contributed by atoms with E-state index < -0.39 is 5.97 Å². The van der Waals surface area contributed by atoms with Gasteiger partial charge in [0.1, 0.15) is 0 Å². The van der Waals surface area contributed by atoms with Crippen molar-refractivity contribution in [1.82, 2.24) is 10.2 Å². The van der Waals surface area contributed by atoms with Crippen molar-refractivity contribution in [1.29, 1.82) is 0 Å². The monoisotopic (exact) mass is 240 g/mol. The summed E-state index contributed by atoms with van der Waals surface area (Å²) in [5.74, 6) is -0.809. The van der Waals surface area contributed by atoms with Crippen molar-refractivity contribution in [3.05, 3.63) is 0 Å². The van der Waals surface area contributed by atoms with Crippen molar-refractivity contribution in [3.8, 4) is 0 Å². The van der Waals surface area contributed by atoms with Crippen LogP contribution in [0.15, 0.2) is 0 Å². The number of nitrogens with one attached hydrogen (secondary N) is 1. The lowest BCUT2D eigenvalue weighted by Gasteiger charge is -2.44. The van der Waals surface area contributed by atoms with Gasteiger partial charge < -0.3 is 10.4 Å². The van der Waals surface area contributed by atoms with E-state index in [4.69, 9.17) is 0 Å². The van der Waals surface area contributed by atoms with E-state index in [1.165, 1.54) is 19.3 Å². The van der Waals surface area contributed by atoms with Crippen molar-refractivity contribution >= 4 is 5.97 Å². The first-order valence-corrected chi connectivity index (χ1v) is 6.91. The second-order valence-corrected chi connectivity index (χ2v) is 5.46. The fraction of sp³-hybridized carbons (Fsp3) is 0.923. The van der Waals surface area contributed by atoms with Crippen LogP contribution in [0.5, 0.6) is 0 Å². The molecule has 1 saturated heterocycles. The van der Waals surface area contributed by atoms with Gasteiger partial charge in [0.15, 0.2) is 0 Å². The molecule has 1 heterocycles. The first kappa shape index (κ1) is 12.8. The second kappa shape index (κ2) is 5.83. The van der Waals surface area contributed by atoms with Crippen molar-refractivity contribution in [2.45, 2.75) is 51.1 Å². The largest absolute Gasteiger partial charge is 0.481 e. The third kappa shape index (κ3) is 3.19. The maximum Gasteiger partial charge on any atom is 0.307 e. The number of hydrogen-bond donors (Lipinski definition) is 2. The molecular weight excluding hydrogens is 216 g/mol. The number of piperidine rings is 1. The van der Waals surface area contributed by atoms with Gasteiger partial charge in [0, 0.05) is 25.2 Å². The van der Waals surface area contributed by atoms with Crippen LogP contribution in [0.2, 0.25) is 0 Å². The standard InChI is InChI=1S/C13H24N2O2/c1-2-6-14-11-7-10(13(16)17)8-15(9-11)12-4-3-5-12/h10-12,14H,2-9H2,1H3,(H,16,17). The molecule has 1 saturated carbocycles. The Morgan fingerprint density at radius 1 is 1.41 bits per heavy atom. The number of hydrogen-bond acceptors (Lipinski definition) is 3. The van der Waals surface area contributed by atoms with Gasteiger partial charge in [-0.05, 0) is 32.2 Å². The number of likely N-dealkylation sites (tertiary alicyclic amines) is 1. The van der Waals surface area contributed by atoms with Crippen LogP contribution in [0, 0.1) is 5.92 Å². The molecule has 1 aliphatic heterocycles. The molecule has 2 aliphatic rings. The Balaban J connectivity index is 1.91. The van der Waals surface area contributed by atoms with Gasteiger partial charge in [-0.2, -0.15) is 0 Å². The SMILES string of the molecule is CCCNC1CC(C(=O)O)CN(C2CCC2)C1. The Bertz CT molecular complexity index is 266. The van der Waals surface area contributed by atoms with E-state index >= 15 is 0 Å². The fourth-order valence-electron chi connectivity index (χ4n) is 2.86. The van der Waals surface area contributed by atoms with Crippen LogP contribution in [-0.2, 0) is 4.79 Å². The molecule has 2 N–H and O–H groups in total. The average Bonchev–Trinajstić information content (AvgIpc) is 2.23. The highest BCUT2D eigenvalue weighted by Crippen LogP contribution is 2.29. The van der Waals surface area contributed by atoms with E-state index in [1.807, 2.05) is 0 Å². The van der Waals surface area contributed by atoms with E-state index in [9.17, 15) is 9.90 Å². The number of aliphatic carboxylic acids is 1. The molecule has 2 rings (SSSR count). The van der Waals surface area contributed by atoms with Gasteiger partial charge >= 0.3 is 5.97 Å². The Labute approximate surface area is 103 Å². The Kier molecular flexibility index (Phi) is 4.40. The summed E-state index contributed by atoms with van der Waals surface area (Å²) in [7, 11) is 0. The highest BCUT2D eigenvalue weighted by molar-refractivity contribution is 5.70. The molecule has 0 radical (unpaired) electrons. The fourth-order valence-corrected chi connectivity index (χ4v) is 2.86. The second-order valence-electron chi connectivity index (χ2n) is 5.46. The van der Waals surface area contributed by atoms with Gasteiger partial charge in [-0.1, -0.05) is 13.3 Å². The number of nitrogens with zero attached hydrogens (tertiary/aromatic N) is 1. The van der Waals surface area contributed by atoms with Crippen LogP contribution in [0.3, 0.4) is 0 Å². The summed E-state index contributed by atoms with van der Waals surface area (Å²) in [5.41, 5.74) is 0. The van der Waals surface area contributed by atoms with Crippen LogP contribution >= 0.6 is 0 Å². The number of rotatable bonds is 5. The first-order chi connectivity index (χ1) is 8.20. The highest BCUT2D eigenvalue weighted by atomic mass is 16.4. The normalized spacial score (nSPS) is 31.1. The quantitative estimate of drug-likeness (QED) is 0.761. The highest BCUT2D eigenvalue weighted by Gasteiger charge is 2.36. The Morgan fingerprint density at radius 3 is 2.71 bits per heavy atom. The molecule has 2 unspecified atom stereocenters. The van der Waals surface area contributed by atoms with Gasteiger partial charge in [-0.15, -0.1) is 0 Å². The van der Waals surface area contributed by atoms with E-state index in [2.05, 4.69) is 17.1 Å². The van der Waals surface area contributed by atoms with E-state index in [1.54, 1.807) is 0 Å². The van der Waals surface area contributed by atoms with Crippen molar-refractivity contribution in [2.75, 3.05) is 19.6 Å². The van der Waals surface area contributed by atoms with Crippen molar-refractivity contribution in [2.24, 2.45) is 5.92 Å². The zero-order valence-corrected chi connectivity index (χ0v) is 10.7. The summed E-state index contributed by atoms with van der Waals surface area (Å²) >= 11 is 0. The predicted octanol–water partition coefficient (Wildman–Crippen LogP) is 1.31. The Morgan fingerprint density at radius 2 is 2.18 bits per heavy atom. The van der Waals surface area contributed by atoms with Gasteiger partial charge in [0.05, 0.1) is 5.92 Å². The molecule has 0 spiro atoms. The molecule has 4 nitrogen and oxygen atoms in total. The average molecular weight is 240 g/mol. The summed E-state index contributed by atoms with van der Waals surface area (Å²) in [4.78, 5) is 13.6. The molecule has 0 aromatic rings. The minimum Gasteiger partial charge on any atom is -0.481 e. The zero-order valence-electron chi connectivity index (χ0n) is 10.7. The maximum absolute atomic E-state index is 11.2. The third-order valence-electron chi connectivity index (χ3n) is 4.10. The van der Waals surface area contributed by atoms with Gasteiger partial charge in [-0.25, -0.2) is 0 Å². The van der Waals surface area contributed by atoms with Crippen molar-refractivity contribution < 1.29 is 9.90 Å².